The second-order valence-electron chi connectivity index (χ2n) is 12.3. The lowest BCUT2D eigenvalue weighted by Gasteiger charge is -2.58. The first-order valence-corrected chi connectivity index (χ1v) is 12.7. The zero-order valence-corrected chi connectivity index (χ0v) is 19.5. The van der Waals surface area contributed by atoms with Gasteiger partial charge in [-0.05, 0) is 97.7 Å². The highest BCUT2D eigenvalue weighted by atomic mass is 14.7. The van der Waals surface area contributed by atoms with Crippen LogP contribution in [0.2, 0.25) is 0 Å². The van der Waals surface area contributed by atoms with Crippen molar-refractivity contribution in [3.05, 3.63) is 11.6 Å². The first-order chi connectivity index (χ1) is 13.3. The molecule has 160 valence electrons. The molecule has 8 atom stereocenters. The normalized spacial score (nSPS) is 46.5. The molecule has 1 heteroatoms. The standard InChI is InChI=1S/C27H47N/c1-18(2)7-6-8-19(3)23-11-12-24-22-10-9-20-17-21(28)13-15-26(20,4)25(22)14-16-27(23,24)5/h9,18-19,21-25H,6-8,10-17,28H2,1-5H3/t19-,21?,22+,23-,24+,25+,26+,27?/m1/s1. The van der Waals surface area contributed by atoms with Crippen LogP contribution in [0.15, 0.2) is 11.6 Å². The van der Waals surface area contributed by atoms with Gasteiger partial charge in [0.2, 0.25) is 0 Å². The summed E-state index contributed by atoms with van der Waals surface area (Å²) in [5.74, 6) is 5.63. The summed E-state index contributed by atoms with van der Waals surface area (Å²) in [4.78, 5) is 0. The van der Waals surface area contributed by atoms with Crippen LogP contribution < -0.4 is 5.73 Å². The maximum atomic E-state index is 6.34. The number of rotatable bonds is 5. The minimum absolute atomic E-state index is 0.423. The Morgan fingerprint density at radius 1 is 1.00 bits per heavy atom. The second kappa shape index (κ2) is 7.75. The molecule has 0 radical (unpaired) electrons. The third-order valence-corrected chi connectivity index (χ3v) is 10.3. The molecule has 3 saturated carbocycles. The third-order valence-electron chi connectivity index (χ3n) is 10.3. The molecule has 28 heavy (non-hydrogen) atoms. The molecule has 0 aromatic rings. The Balaban J connectivity index is 1.49. The van der Waals surface area contributed by atoms with E-state index in [2.05, 4.69) is 40.7 Å². The molecule has 4 aliphatic rings. The Morgan fingerprint density at radius 2 is 1.79 bits per heavy atom. The van der Waals surface area contributed by atoms with Crippen LogP contribution in [-0.4, -0.2) is 6.04 Å². The van der Waals surface area contributed by atoms with Crippen molar-refractivity contribution in [2.45, 2.75) is 111 Å². The van der Waals surface area contributed by atoms with Gasteiger partial charge >= 0.3 is 0 Å². The van der Waals surface area contributed by atoms with Crippen LogP contribution in [0.5, 0.6) is 0 Å². The van der Waals surface area contributed by atoms with E-state index in [-0.39, 0.29) is 0 Å². The zero-order valence-electron chi connectivity index (χ0n) is 19.5. The minimum atomic E-state index is 0.423. The maximum Gasteiger partial charge on any atom is 0.00766 e. The molecule has 2 N–H and O–H groups in total. The summed E-state index contributed by atoms with van der Waals surface area (Å²) in [6.45, 7) is 12.7. The van der Waals surface area contributed by atoms with E-state index in [0.717, 1.165) is 35.5 Å². The molecule has 0 aliphatic heterocycles. The van der Waals surface area contributed by atoms with Gasteiger partial charge in [-0.2, -0.15) is 0 Å². The summed E-state index contributed by atoms with van der Waals surface area (Å²) < 4.78 is 0. The van der Waals surface area contributed by atoms with Crippen LogP contribution >= 0.6 is 0 Å². The summed E-state index contributed by atoms with van der Waals surface area (Å²) in [5, 5.41) is 0. The molecule has 0 heterocycles. The van der Waals surface area contributed by atoms with Crippen LogP contribution in [0, 0.1) is 46.3 Å². The highest BCUT2D eigenvalue weighted by molar-refractivity contribution is 5.25. The van der Waals surface area contributed by atoms with Crippen molar-refractivity contribution >= 4 is 0 Å². The van der Waals surface area contributed by atoms with Crippen molar-refractivity contribution in [3.8, 4) is 0 Å². The van der Waals surface area contributed by atoms with Gasteiger partial charge in [0, 0.05) is 6.04 Å². The number of fused-ring (bicyclic) bond motifs is 5. The molecule has 0 spiro atoms. The molecule has 2 unspecified atom stereocenters. The van der Waals surface area contributed by atoms with Gasteiger partial charge in [0.15, 0.2) is 0 Å². The van der Waals surface area contributed by atoms with Gasteiger partial charge in [-0.3, -0.25) is 0 Å². The smallest absolute Gasteiger partial charge is 0.00766 e. The Kier molecular flexibility index (Phi) is 5.80. The zero-order chi connectivity index (χ0) is 20.1. The van der Waals surface area contributed by atoms with Crippen LogP contribution in [0.3, 0.4) is 0 Å². The lowest BCUT2D eigenvalue weighted by atomic mass is 9.47. The number of hydrogen-bond donors (Lipinski definition) is 1. The monoisotopic (exact) mass is 385 g/mol. The Hall–Kier alpha value is -0.300. The quantitative estimate of drug-likeness (QED) is 0.492. The minimum Gasteiger partial charge on any atom is -0.327 e. The van der Waals surface area contributed by atoms with Gasteiger partial charge in [-0.25, -0.2) is 0 Å². The first kappa shape index (κ1) is 21.0. The van der Waals surface area contributed by atoms with Crippen molar-refractivity contribution < 1.29 is 0 Å². The molecule has 4 rings (SSSR count). The molecule has 3 fully saturated rings. The maximum absolute atomic E-state index is 6.34. The molecular formula is C27H47N. The molecule has 0 aromatic heterocycles. The third kappa shape index (κ3) is 3.42. The van der Waals surface area contributed by atoms with E-state index in [0.29, 0.717) is 16.9 Å². The van der Waals surface area contributed by atoms with E-state index in [4.69, 9.17) is 5.73 Å². The molecular weight excluding hydrogens is 338 g/mol. The van der Waals surface area contributed by atoms with Gasteiger partial charge in [-0.15, -0.1) is 0 Å². The molecule has 0 bridgehead atoms. The molecule has 0 aromatic carbocycles. The molecule has 0 saturated heterocycles. The van der Waals surface area contributed by atoms with Gasteiger partial charge in [0.05, 0.1) is 0 Å². The lowest BCUT2D eigenvalue weighted by Crippen LogP contribution is -2.51. The molecule has 1 nitrogen and oxygen atoms in total. The van der Waals surface area contributed by atoms with E-state index in [1.54, 1.807) is 5.57 Å². The topological polar surface area (TPSA) is 26.0 Å². The molecule has 0 amide bonds. The predicted molar refractivity (Wildman–Crippen MR) is 121 cm³/mol. The number of nitrogens with two attached hydrogens (primary N) is 1. The Bertz CT molecular complexity index is 591. The van der Waals surface area contributed by atoms with Crippen LogP contribution in [0.4, 0.5) is 0 Å². The highest BCUT2D eigenvalue weighted by Crippen LogP contribution is 2.67. The SMILES string of the molecule is CC(C)CCC[C@@H](C)[C@H]1CC[C@H]2[C@@H]3CC=C4CC(N)CC[C@]4(C)[C@H]3CCC12C. The lowest BCUT2D eigenvalue weighted by molar-refractivity contribution is -0.0508. The van der Waals surface area contributed by atoms with E-state index in [1.165, 1.54) is 70.6 Å². The van der Waals surface area contributed by atoms with Crippen molar-refractivity contribution in [2.24, 2.45) is 52.1 Å². The van der Waals surface area contributed by atoms with Crippen molar-refractivity contribution in [2.75, 3.05) is 0 Å². The van der Waals surface area contributed by atoms with E-state index in [9.17, 15) is 0 Å². The van der Waals surface area contributed by atoms with Gasteiger partial charge in [0.1, 0.15) is 0 Å². The summed E-state index contributed by atoms with van der Waals surface area (Å²) in [7, 11) is 0. The summed E-state index contributed by atoms with van der Waals surface area (Å²) in [5.41, 5.74) is 9.18. The van der Waals surface area contributed by atoms with Crippen molar-refractivity contribution in [1.29, 1.82) is 0 Å². The van der Waals surface area contributed by atoms with E-state index >= 15 is 0 Å². The summed E-state index contributed by atoms with van der Waals surface area (Å²) in [6.07, 6.45) is 18.1. The fourth-order valence-electron chi connectivity index (χ4n) is 8.71. The van der Waals surface area contributed by atoms with E-state index in [1.807, 2.05) is 0 Å². The van der Waals surface area contributed by atoms with Crippen LogP contribution in [0.25, 0.3) is 0 Å². The largest absolute Gasteiger partial charge is 0.327 e. The van der Waals surface area contributed by atoms with Gasteiger partial charge < -0.3 is 5.73 Å². The van der Waals surface area contributed by atoms with Gasteiger partial charge in [-0.1, -0.05) is 65.5 Å². The average Bonchev–Trinajstić information content (AvgIpc) is 2.99. The summed E-state index contributed by atoms with van der Waals surface area (Å²) in [6, 6.07) is 0.423. The fraction of sp³-hybridized carbons (Fsp3) is 0.926. The van der Waals surface area contributed by atoms with Crippen LogP contribution in [0.1, 0.15) is 105 Å². The van der Waals surface area contributed by atoms with Crippen molar-refractivity contribution in [3.63, 3.8) is 0 Å². The number of allylic oxidation sites excluding steroid dienone is 1. The fourth-order valence-corrected chi connectivity index (χ4v) is 8.71. The average molecular weight is 386 g/mol. The van der Waals surface area contributed by atoms with Gasteiger partial charge in [0.25, 0.3) is 0 Å². The van der Waals surface area contributed by atoms with E-state index < -0.39 is 0 Å². The van der Waals surface area contributed by atoms with Crippen molar-refractivity contribution in [1.82, 2.24) is 0 Å². The summed E-state index contributed by atoms with van der Waals surface area (Å²) >= 11 is 0. The van der Waals surface area contributed by atoms with Crippen LogP contribution in [-0.2, 0) is 0 Å². The molecule has 4 aliphatic carbocycles. The number of hydrogen-bond acceptors (Lipinski definition) is 1. The second-order valence-corrected chi connectivity index (χ2v) is 12.3. The Morgan fingerprint density at radius 3 is 2.54 bits per heavy atom. The Labute approximate surface area is 175 Å². The highest BCUT2D eigenvalue weighted by Gasteiger charge is 2.58. The first-order valence-electron chi connectivity index (χ1n) is 12.7. The predicted octanol–water partition coefficient (Wildman–Crippen LogP) is 7.36.